The number of hydrogen-bond donors (Lipinski definition) is 2. The van der Waals surface area contributed by atoms with E-state index in [-0.39, 0.29) is 17.5 Å². The maximum atomic E-state index is 14.3. The summed E-state index contributed by atoms with van der Waals surface area (Å²) in [4.78, 5) is 26.5. The maximum absolute atomic E-state index is 14.3. The van der Waals surface area contributed by atoms with E-state index in [1.807, 2.05) is 67.6 Å². The number of thioether (sulfide) groups is 1. The highest BCUT2D eigenvalue weighted by Gasteiger charge is 2.23. The smallest absolute Gasteiger partial charge is 0.255 e. The number of hydrogen-bond acceptors (Lipinski definition) is 3. The average Bonchev–Trinajstić information content (AvgIpc) is 2.85. The Bertz CT molecular complexity index is 1350. The van der Waals surface area contributed by atoms with Gasteiger partial charge in [-0.05, 0) is 67.1 Å². The molecule has 7 heteroatoms. The summed E-state index contributed by atoms with van der Waals surface area (Å²) in [6.07, 6.45) is 0. The summed E-state index contributed by atoms with van der Waals surface area (Å²) >= 11 is 4.57. The van der Waals surface area contributed by atoms with Crippen LogP contribution in [0, 0.1) is 12.7 Å². The van der Waals surface area contributed by atoms with Gasteiger partial charge in [0.15, 0.2) is 0 Å². The Morgan fingerprint density at radius 1 is 0.857 bits per heavy atom. The Hall–Kier alpha value is -3.42. The Kier molecular flexibility index (Phi) is 8.00. The van der Waals surface area contributed by atoms with Crippen LogP contribution in [0.25, 0.3) is 0 Å². The summed E-state index contributed by atoms with van der Waals surface area (Å²) < 4.78 is 14.9. The quantitative estimate of drug-likeness (QED) is 0.233. The van der Waals surface area contributed by atoms with Crippen LogP contribution in [-0.4, -0.2) is 11.8 Å². The fourth-order valence-corrected chi connectivity index (χ4v) is 4.79. The zero-order valence-corrected chi connectivity index (χ0v) is 21.2. The first-order valence-corrected chi connectivity index (χ1v) is 12.5. The highest BCUT2D eigenvalue weighted by atomic mass is 79.9. The third-order valence-corrected chi connectivity index (χ3v) is 6.94. The minimum atomic E-state index is -0.605. The minimum Gasteiger partial charge on any atom is -0.322 e. The molecule has 0 aliphatic rings. The van der Waals surface area contributed by atoms with Crippen LogP contribution in [0.15, 0.2) is 106 Å². The van der Waals surface area contributed by atoms with E-state index in [4.69, 9.17) is 0 Å². The van der Waals surface area contributed by atoms with Crippen LogP contribution in [0.5, 0.6) is 0 Å². The van der Waals surface area contributed by atoms with E-state index in [1.54, 1.807) is 24.3 Å². The molecule has 35 heavy (non-hydrogen) atoms. The largest absolute Gasteiger partial charge is 0.322 e. The number of carbonyl (C=O) groups is 2. The number of amides is 2. The molecule has 4 aromatic rings. The summed E-state index contributed by atoms with van der Waals surface area (Å²) in [7, 11) is 0. The normalized spacial score (nSPS) is 11.5. The predicted molar refractivity (Wildman–Crippen MR) is 143 cm³/mol. The van der Waals surface area contributed by atoms with Gasteiger partial charge in [-0.1, -0.05) is 64.0 Å². The molecule has 4 aromatic carbocycles. The van der Waals surface area contributed by atoms with Gasteiger partial charge in [-0.2, -0.15) is 0 Å². The van der Waals surface area contributed by atoms with Gasteiger partial charge < -0.3 is 10.6 Å². The van der Waals surface area contributed by atoms with E-state index >= 15 is 0 Å². The number of aryl methyl sites for hydroxylation is 1. The minimum absolute atomic E-state index is 0.119. The molecule has 0 bridgehead atoms. The van der Waals surface area contributed by atoms with Crippen molar-refractivity contribution in [1.29, 1.82) is 0 Å². The zero-order valence-electron chi connectivity index (χ0n) is 18.8. The molecule has 0 aliphatic heterocycles. The Morgan fingerprint density at radius 3 is 2.29 bits per heavy atom. The van der Waals surface area contributed by atoms with Crippen molar-refractivity contribution in [3.8, 4) is 0 Å². The van der Waals surface area contributed by atoms with E-state index in [0.717, 1.165) is 16.0 Å². The van der Waals surface area contributed by atoms with Crippen molar-refractivity contribution in [2.45, 2.75) is 17.1 Å². The molecule has 0 saturated heterocycles. The lowest BCUT2D eigenvalue weighted by molar-refractivity contribution is -0.115. The van der Waals surface area contributed by atoms with Gasteiger partial charge in [0.25, 0.3) is 5.91 Å². The van der Waals surface area contributed by atoms with Crippen molar-refractivity contribution in [1.82, 2.24) is 0 Å². The van der Waals surface area contributed by atoms with Crippen LogP contribution >= 0.6 is 27.7 Å². The second-order valence-corrected chi connectivity index (χ2v) is 9.96. The number of anilines is 2. The summed E-state index contributed by atoms with van der Waals surface area (Å²) in [5.74, 6) is -1.04. The van der Waals surface area contributed by atoms with Crippen molar-refractivity contribution >= 4 is 50.9 Å². The van der Waals surface area contributed by atoms with Gasteiger partial charge in [-0.15, -0.1) is 11.8 Å². The molecule has 176 valence electrons. The van der Waals surface area contributed by atoms with Gasteiger partial charge in [0, 0.05) is 20.6 Å². The van der Waals surface area contributed by atoms with Crippen LogP contribution < -0.4 is 10.6 Å². The molecule has 0 spiro atoms. The Morgan fingerprint density at radius 2 is 1.60 bits per heavy atom. The molecule has 0 saturated carbocycles. The monoisotopic (exact) mass is 548 g/mol. The number of halogens is 2. The second kappa shape index (κ2) is 11.3. The molecule has 4 nitrogen and oxygen atoms in total. The Balaban J connectivity index is 1.50. The maximum Gasteiger partial charge on any atom is 0.255 e. The summed E-state index contributed by atoms with van der Waals surface area (Å²) in [6.45, 7) is 1.94. The van der Waals surface area contributed by atoms with Crippen LogP contribution in [0.1, 0.15) is 26.7 Å². The van der Waals surface area contributed by atoms with E-state index in [0.29, 0.717) is 15.7 Å². The van der Waals surface area contributed by atoms with Gasteiger partial charge in [-0.25, -0.2) is 4.39 Å². The highest BCUT2D eigenvalue weighted by Crippen LogP contribution is 2.37. The molecule has 0 aliphatic carbocycles. The molecule has 1 atom stereocenters. The van der Waals surface area contributed by atoms with E-state index < -0.39 is 11.1 Å². The highest BCUT2D eigenvalue weighted by molar-refractivity contribution is 9.10. The van der Waals surface area contributed by atoms with Crippen molar-refractivity contribution in [3.63, 3.8) is 0 Å². The Labute approximate surface area is 216 Å². The van der Waals surface area contributed by atoms with Crippen molar-refractivity contribution in [3.05, 3.63) is 124 Å². The lowest BCUT2D eigenvalue weighted by atomic mass is 10.1. The fraction of sp³-hybridized carbons (Fsp3) is 0.0714. The first-order chi connectivity index (χ1) is 16.9. The summed E-state index contributed by atoms with van der Waals surface area (Å²) in [5, 5.41) is 4.99. The molecule has 0 radical (unpaired) electrons. The molecule has 0 aromatic heterocycles. The summed E-state index contributed by atoms with van der Waals surface area (Å²) in [6, 6.07) is 28.5. The molecular weight excluding hydrogens is 527 g/mol. The predicted octanol–water partition coefficient (Wildman–Crippen LogP) is 7.62. The fourth-order valence-electron chi connectivity index (χ4n) is 3.43. The van der Waals surface area contributed by atoms with Crippen molar-refractivity contribution < 1.29 is 14.0 Å². The lowest BCUT2D eigenvalue weighted by Crippen LogP contribution is -2.19. The van der Waals surface area contributed by atoms with Crippen LogP contribution in [0.2, 0.25) is 0 Å². The van der Waals surface area contributed by atoms with Crippen LogP contribution in [0.3, 0.4) is 0 Å². The van der Waals surface area contributed by atoms with Crippen molar-refractivity contribution in [2.24, 2.45) is 0 Å². The first kappa shape index (κ1) is 24.7. The molecular formula is C28H22BrFN2O2S. The van der Waals surface area contributed by atoms with Crippen LogP contribution in [-0.2, 0) is 4.79 Å². The molecule has 2 N–H and O–H groups in total. The van der Waals surface area contributed by atoms with E-state index in [2.05, 4.69) is 26.6 Å². The number of carbonyl (C=O) groups excluding carboxylic acids is 2. The van der Waals surface area contributed by atoms with Crippen LogP contribution in [0.4, 0.5) is 15.8 Å². The van der Waals surface area contributed by atoms with Gasteiger partial charge in [0.05, 0.1) is 5.69 Å². The van der Waals surface area contributed by atoms with Gasteiger partial charge in [-0.3, -0.25) is 9.59 Å². The molecule has 0 heterocycles. The zero-order chi connectivity index (χ0) is 24.8. The van der Waals surface area contributed by atoms with Gasteiger partial charge in [0.2, 0.25) is 5.91 Å². The SMILES string of the molecule is Cc1cccc(C(=O)Nc2ccc(SC(C(=O)Nc3ccc(Br)cc3F)c3ccccc3)cc2)c1. The molecule has 4 rings (SSSR count). The summed E-state index contributed by atoms with van der Waals surface area (Å²) in [5.41, 5.74) is 3.17. The lowest BCUT2D eigenvalue weighted by Gasteiger charge is -2.18. The standard InChI is InChI=1S/C28H22BrFN2O2S/c1-18-6-5-9-20(16-18)27(33)31-22-11-13-23(14-12-22)35-26(19-7-3-2-4-8-19)28(34)32-25-15-10-21(29)17-24(25)30/h2-17,26H,1H3,(H,31,33)(H,32,34). The number of rotatable bonds is 7. The number of benzene rings is 4. The molecule has 1 unspecified atom stereocenters. The topological polar surface area (TPSA) is 58.2 Å². The van der Waals surface area contributed by atoms with E-state index in [9.17, 15) is 14.0 Å². The van der Waals surface area contributed by atoms with Gasteiger partial charge in [0.1, 0.15) is 11.1 Å². The first-order valence-electron chi connectivity index (χ1n) is 10.8. The third kappa shape index (κ3) is 6.59. The molecule has 2 amide bonds. The average molecular weight is 549 g/mol. The second-order valence-electron chi connectivity index (χ2n) is 7.87. The van der Waals surface area contributed by atoms with Crippen molar-refractivity contribution in [2.75, 3.05) is 10.6 Å². The van der Waals surface area contributed by atoms with E-state index in [1.165, 1.54) is 23.9 Å². The molecule has 0 fully saturated rings. The third-order valence-electron chi connectivity index (χ3n) is 5.18. The van der Waals surface area contributed by atoms with Gasteiger partial charge >= 0.3 is 0 Å². The number of nitrogens with one attached hydrogen (secondary N) is 2.